The van der Waals surface area contributed by atoms with Crippen molar-refractivity contribution < 1.29 is 19.2 Å². The molecule has 1 aromatic heterocycles. The first-order valence-corrected chi connectivity index (χ1v) is 9.55. The molecule has 1 heterocycles. The second kappa shape index (κ2) is 9.98. The molecule has 0 bridgehead atoms. The van der Waals surface area contributed by atoms with E-state index >= 15 is 0 Å². The smallest absolute Gasteiger partial charge is 0.355 e. The van der Waals surface area contributed by atoms with Gasteiger partial charge < -0.3 is 10.1 Å². The number of nitrogens with zero attached hydrogens (tertiary/aromatic N) is 3. The third-order valence-electron chi connectivity index (χ3n) is 4.27. The van der Waals surface area contributed by atoms with Gasteiger partial charge in [-0.15, -0.1) is 0 Å². The Hall–Kier alpha value is -4.54. The molecule has 3 N–H and O–H groups in total. The predicted octanol–water partition coefficient (Wildman–Crippen LogP) is 3.37. The highest BCUT2D eigenvalue weighted by molar-refractivity contribution is 5.95. The third kappa shape index (κ3) is 5.33. The Morgan fingerprint density at radius 3 is 2.25 bits per heavy atom. The molecule has 32 heavy (non-hydrogen) atoms. The predicted molar refractivity (Wildman–Crippen MR) is 117 cm³/mol. The van der Waals surface area contributed by atoms with Crippen molar-refractivity contribution in [1.82, 2.24) is 15.4 Å². The summed E-state index contributed by atoms with van der Waals surface area (Å²) in [6, 6.07) is 13.0. The summed E-state index contributed by atoms with van der Waals surface area (Å²) >= 11 is 0. The van der Waals surface area contributed by atoms with Gasteiger partial charge in [0.2, 0.25) is 11.6 Å². The number of nitrogens with one attached hydrogen (secondary N) is 3. The number of ether oxygens (including phenoxy) is 1. The molecule has 0 aliphatic heterocycles. The van der Waals surface area contributed by atoms with Crippen LogP contribution in [-0.2, 0) is 4.74 Å². The minimum atomic E-state index is -0.671. The number of hydrogen-bond donors (Lipinski definition) is 3. The van der Waals surface area contributed by atoms with E-state index in [1.165, 1.54) is 12.1 Å². The maximum absolute atomic E-state index is 12.3. The molecule has 2 aromatic carbocycles. The molecule has 0 aliphatic carbocycles. The van der Waals surface area contributed by atoms with Crippen molar-refractivity contribution in [2.24, 2.45) is 0 Å². The highest BCUT2D eigenvalue weighted by Crippen LogP contribution is 2.30. The minimum absolute atomic E-state index is 0.0963. The van der Waals surface area contributed by atoms with E-state index in [2.05, 4.69) is 26.1 Å². The Morgan fingerprint density at radius 1 is 1.00 bits per heavy atom. The number of carbonyl (C=O) groups excluding carboxylic acids is 2. The van der Waals surface area contributed by atoms with Crippen LogP contribution < -0.4 is 16.2 Å². The minimum Gasteiger partial charge on any atom is -0.462 e. The van der Waals surface area contributed by atoms with Gasteiger partial charge in [-0.05, 0) is 50.2 Å². The molecule has 0 unspecified atom stereocenters. The van der Waals surface area contributed by atoms with Gasteiger partial charge in [0.05, 0.1) is 17.1 Å². The average Bonchev–Trinajstić information content (AvgIpc) is 2.78. The summed E-state index contributed by atoms with van der Waals surface area (Å²) < 4.78 is 4.92. The van der Waals surface area contributed by atoms with Crippen molar-refractivity contribution in [1.29, 1.82) is 0 Å². The van der Waals surface area contributed by atoms with Gasteiger partial charge in [0.15, 0.2) is 0 Å². The van der Waals surface area contributed by atoms with Gasteiger partial charge in [0, 0.05) is 11.3 Å². The molecule has 3 aromatic rings. The van der Waals surface area contributed by atoms with E-state index in [-0.39, 0.29) is 18.2 Å². The first kappa shape index (κ1) is 22.2. The van der Waals surface area contributed by atoms with E-state index < -0.39 is 22.5 Å². The Labute approximate surface area is 183 Å². The molecule has 0 aliphatic rings. The van der Waals surface area contributed by atoms with Crippen LogP contribution in [0.3, 0.4) is 0 Å². The summed E-state index contributed by atoms with van der Waals surface area (Å²) in [4.78, 5) is 42.8. The van der Waals surface area contributed by atoms with Gasteiger partial charge in [-0.1, -0.05) is 17.7 Å². The lowest BCUT2D eigenvalue weighted by atomic mass is 10.1. The molecular formula is C21H20N6O5. The van der Waals surface area contributed by atoms with Crippen LogP contribution in [0.4, 0.5) is 23.0 Å². The van der Waals surface area contributed by atoms with Crippen LogP contribution in [0.5, 0.6) is 0 Å². The van der Waals surface area contributed by atoms with Crippen LogP contribution in [0, 0.1) is 17.0 Å². The SMILES string of the molecule is CCOC(=O)c1ccc(Nc2ncnc(NNC(=O)c3ccc(C)cc3)c2[N+](=O)[O-])cc1. The number of aryl methyl sites for hydroxylation is 1. The Bertz CT molecular complexity index is 1130. The lowest BCUT2D eigenvalue weighted by molar-refractivity contribution is -0.383. The summed E-state index contributed by atoms with van der Waals surface area (Å²) in [6.07, 6.45) is 1.11. The summed E-state index contributed by atoms with van der Waals surface area (Å²) in [5.74, 6) is -1.25. The van der Waals surface area contributed by atoms with Crippen LogP contribution in [0.2, 0.25) is 0 Å². The number of benzene rings is 2. The van der Waals surface area contributed by atoms with Gasteiger partial charge in [0.1, 0.15) is 6.33 Å². The first-order valence-electron chi connectivity index (χ1n) is 9.55. The van der Waals surface area contributed by atoms with Crippen LogP contribution in [0.25, 0.3) is 0 Å². The summed E-state index contributed by atoms with van der Waals surface area (Å²) in [6.45, 7) is 3.85. The number of amides is 1. The molecule has 164 valence electrons. The van der Waals surface area contributed by atoms with Crippen molar-refractivity contribution in [3.8, 4) is 0 Å². The molecule has 11 heteroatoms. The standard InChI is InChI=1S/C21H20N6O5/c1-3-32-21(29)15-8-10-16(11-9-15)24-18-17(27(30)31)19(23-12-22-18)25-26-20(28)14-6-4-13(2)5-7-14/h4-12H,3H2,1-2H3,(H,26,28)(H2,22,23,24,25). The molecular weight excluding hydrogens is 416 g/mol. The average molecular weight is 436 g/mol. The number of anilines is 3. The third-order valence-corrected chi connectivity index (χ3v) is 4.27. The fourth-order valence-corrected chi connectivity index (χ4v) is 2.67. The maximum Gasteiger partial charge on any atom is 0.355 e. The fraction of sp³-hybridized carbons (Fsp3) is 0.143. The molecule has 3 rings (SSSR count). The molecule has 1 amide bonds. The molecule has 0 atom stereocenters. The van der Waals surface area contributed by atoms with Gasteiger partial charge >= 0.3 is 11.7 Å². The topological polar surface area (TPSA) is 148 Å². The van der Waals surface area contributed by atoms with Gasteiger partial charge in [-0.2, -0.15) is 0 Å². The second-order valence-corrected chi connectivity index (χ2v) is 6.54. The van der Waals surface area contributed by atoms with E-state index in [1.54, 1.807) is 43.3 Å². The normalized spacial score (nSPS) is 10.2. The van der Waals surface area contributed by atoms with E-state index in [1.807, 2.05) is 6.92 Å². The van der Waals surface area contributed by atoms with Gasteiger partial charge in [0.25, 0.3) is 5.91 Å². The number of nitro groups is 1. The van der Waals surface area contributed by atoms with Crippen molar-refractivity contribution >= 4 is 34.9 Å². The molecule has 0 saturated carbocycles. The number of carbonyl (C=O) groups is 2. The van der Waals surface area contributed by atoms with Crippen molar-refractivity contribution in [2.45, 2.75) is 13.8 Å². The Morgan fingerprint density at radius 2 is 1.62 bits per heavy atom. The lowest BCUT2D eigenvalue weighted by Gasteiger charge is -2.11. The quantitative estimate of drug-likeness (QED) is 0.274. The highest BCUT2D eigenvalue weighted by atomic mass is 16.6. The monoisotopic (exact) mass is 436 g/mol. The number of hydrogen-bond acceptors (Lipinski definition) is 9. The fourth-order valence-electron chi connectivity index (χ4n) is 2.67. The van der Waals surface area contributed by atoms with Crippen molar-refractivity contribution in [3.05, 3.63) is 81.7 Å². The largest absolute Gasteiger partial charge is 0.462 e. The first-order chi connectivity index (χ1) is 15.4. The van der Waals surface area contributed by atoms with Crippen LogP contribution >= 0.6 is 0 Å². The van der Waals surface area contributed by atoms with E-state index in [0.29, 0.717) is 16.8 Å². The van der Waals surface area contributed by atoms with Gasteiger partial charge in [-0.3, -0.25) is 25.8 Å². The molecule has 0 saturated heterocycles. The number of rotatable bonds is 8. The van der Waals surface area contributed by atoms with E-state index in [9.17, 15) is 19.7 Å². The molecule has 11 nitrogen and oxygen atoms in total. The number of aromatic nitrogens is 2. The lowest BCUT2D eigenvalue weighted by Crippen LogP contribution is -2.30. The molecule has 0 spiro atoms. The van der Waals surface area contributed by atoms with Gasteiger partial charge in [-0.25, -0.2) is 14.8 Å². The van der Waals surface area contributed by atoms with Crippen LogP contribution in [0.1, 0.15) is 33.2 Å². The zero-order valence-corrected chi connectivity index (χ0v) is 17.3. The number of hydrazine groups is 1. The summed E-state index contributed by atoms with van der Waals surface area (Å²) in [5, 5.41) is 14.5. The van der Waals surface area contributed by atoms with Crippen LogP contribution in [-0.4, -0.2) is 33.4 Å². The second-order valence-electron chi connectivity index (χ2n) is 6.54. The van der Waals surface area contributed by atoms with E-state index in [4.69, 9.17) is 4.74 Å². The Balaban J connectivity index is 1.77. The zero-order valence-electron chi connectivity index (χ0n) is 17.3. The van der Waals surface area contributed by atoms with Crippen molar-refractivity contribution in [2.75, 3.05) is 17.3 Å². The summed E-state index contributed by atoms with van der Waals surface area (Å²) in [5.41, 5.74) is 6.57. The zero-order chi connectivity index (χ0) is 23.1. The highest BCUT2D eigenvalue weighted by Gasteiger charge is 2.24. The van der Waals surface area contributed by atoms with Crippen LogP contribution in [0.15, 0.2) is 54.9 Å². The Kier molecular flexibility index (Phi) is 6.91. The molecule has 0 fully saturated rings. The maximum atomic E-state index is 12.3. The van der Waals surface area contributed by atoms with Crippen molar-refractivity contribution in [3.63, 3.8) is 0 Å². The number of esters is 1. The molecule has 0 radical (unpaired) electrons. The van der Waals surface area contributed by atoms with E-state index in [0.717, 1.165) is 11.9 Å². The summed E-state index contributed by atoms with van der Waals surface area (Å²) in [7, 11) is 0.